The zero-order chi connectivity index (χ0) is 15.2. The zero-order valence-electron chi connectivity index (χ0n) is 12.8. The number of piperidine rings is 1. The van der Waals surface area contributed by atoms with Gasteiger partial charge in [0.05, 0.1) is 5.56 Å². The molecule has 0 radical (unpaired) electrons. The summed E-state index contributed by atoms with van der Waals surface area (Å²) in [4.78, 5) is 14.4. The predicted molar refractivity (Wildman–Crippen MR) is 80.9 cm³/mol. The van der Waals surface area contributed by atoms with Gasteiger partial charge in [0.15, 0.2) is 0 Å². The van der Waals surface area contributed by atoms with Crippen molar-refractivity contribution in [2.45, 2.75) is 45.6 Å². The number of likely N-dealkylation sites (tertiary alicyclic amines) is 1. The van der Waals surface area contributed by atoms with E-state index in [1.54, 1.807) is 13.0 Å². The Hall–Kier alpha value is -1.33. The second-order valence-corrected chi connectivity index (χ2v) is 5.86. The number of aliphatic hydroxyl groups excluding tert-OH is 1. The van der Waals surface area contributed by atoms with Crippen molar-refractivity contribution in [3.8, 4) is 0 Å². The lowest BCUT2D eigenvalue weighted by molar-refractivity contribution is 0.0684. The van der Waals surface area contributed by atoms with Crippen LogP contribution in [0.5, 0.6) is 0 Å². The molecule has 1 aromatic heterocycles. The molecular formula is C16H26N2O3. The summed E-state index contributed by atoms with van der Waals surface area (Å²) < 4.78 is 5.35. The van der Waals surface area contributed by atoms with Crippen molar-refractivity contribution in [3.05, 3.63) is 23.2 Å². The fourth-order valence-electron chi connectivity index (χ4n) is 3.01. The quantitative estimate of drug-likeness (QED) is 0.787. The average Bonchev–Trinajstić information content (AvgIpc) is 2.89. The fraction of sp³-hybridized carbons (Fsp3) is 0.688. The molecular weight excluding hydrogens is 268 g/mol. The summed E-state index contributed by atoms with van der Waals surface area (Å²) in [7, 11) is 0. The number of aryl methyl sites for hydroxylation is 1. The summed E-state index contributed by atoms with van der Waals surface area (Å²) in [5, 5.41) is 9.08. The number of nitrogens with two attached hydrogens (primary N) is 1. The highest BCUT2D eigenvalue weighted by Crippen LogP contribution is 2.25. The van der Waals surface area contributed by atoms with Gasteiger partial charge in [0.25, 0.3) is 5.91 Å². The van der Waals surface area contributed by atoms with E-state index in [1.165, 1.54) is 12.8 Å². The van der Waals surface area contributed by atoms with E-state index in [9.17, 15) is 4.79 Å². The molecule has 0 aromatic carbocycles. The van der Waals surface area contributed by atoms with Gasteiger partial charge in [-0.3, -0.25) is 4.79 Å². The van der Waals surface area contributed by atoms with Gasteiger partial charge >= 0.3 is 0 Å². The molecule has 0 atom stereocenters. The Bertz CT molecular complexity index is 462. The van der Waals surface area contributed by atoms with Gasteiger partial charge < -0.3 is 20.2 Å². The largest absolute Gasteiger partial charge is 0.463 e. The van der Waals surface area contributed by atoms with Gasteiger partial charge in [-0.15, -0.1) is 0 Å². The Morgan fingerprint density at radius 3 is 2.71 bits per heavy atom. The molecule has 0 spiro atoms. The Kier molecular flexibility index (Phi) is 5.82. The first-order chi connectivity index (χ1) is 10.2. The van der Waals surface area contributed by atoms with Crippen molar-refractivity contribution < 1.29 is 14.3 Å². The van der Waals surface area contributed by atoms with Gasteiger partial charge in [-0.1, -0.05) is 12.8 Å². The van der Waals surface area contributed by atoms with Gasteiger partial charge in [0, 0.05) is 13.1 Å². The molecule has 0 aliphatic carbocycles. The van der Waals surface area contributed by atoms with E-state index < -0.39 is 0 Å². The molecule has 2 rings (SSSR count). The molecule has 1 aliphatic rings. The number of furan rings is 1. The van der Waals surface area contributed by atoms with Crippen LogP contribution in [-0.4, -0.2) is 35.5 Å². The topological polar surface area (TPSA) is 79.7 Å². The normalized spacial score (nSPS) is 16.4. The van der Waals surface area contributed by atoms with Crippen LogP contribution in [0.25, 0.3) is 0 Å². The molecule has 0 unspecified atom stereocenters. The van der Waals surface area contributed by atoms with Crippen molar-refractivity contribution in [3.63, 3.8) is 0 Å². The van der Waals surface area contributed by atoms with Crippen LogP contribution in [0.15, 0.2) is 10.5 Å². The van der Waals surface area contributed by atoms with Gasteiger partial charge in [-0.25, -0.2) is 0 Å². The Balaban J connectivity index is 1.86. The van der Waals surface area contributed by atoms with Crippen molar-refractivity contribution in [1.82, 2.24) is 4.90 Å². The number of rotatable bonds is 6. The highest BCUT2D eigenvalue weighted by Gasteiger charge is 2.25. The van der Waals surface area contributed by atoms with Crippen LogP contribution >= 0.6 is 0 Å². The number of unbranched alkanes of at least 4 members (excludes halogenated alkanes) is 1. The van der Waals surface area contributed by atoms with Crippen molar-refractivity contribution >= 4 is 5.91 Å². The van der Waals surface area contributed by atoms with Crippen molar-refractivity contribution in [2.75, 3.05) is 19.6 Å². The maximum absolute atomic E-state index is 12.5. The summed E-state index contributed by atoms with van der Waals surface area (Å²) in [5.74, 6) is 1.79. The smallest absolute Gasteiger partial charge is 0.257 e. The third-order valence-corrected chi connectivity index (χ3v) is 4.32. The van der Waals surface area contributed by atoms with E-state index in [1.807, 2.05) is 4.90 Å². The molecule has 0 saturated carbocycles. The van der Waals surface area contributed by atoms with Gasteiger partial charge in [-0.2, -0.15) is 0 Å². The first-order valence-corrected chi connectivity index (χ1v) is 7.85. The van der Waals surface area contributed by atoms with Gasteiger partial charge in [0.2, 0.25) is 0 Å². The van der Waals surface area contributed by atoms with Crippen LogP contribution in [0, 0.1) is 12.8 Å². The van der Waals surface area contributed by atoms with Gasteiger partial charge in [-0.05, 0) is 44.7 Å². The van der Waals surface area contributed by atoms with Crippen LogP contribution in [0.1, 0.15) is 54.0 Å². The maximum atomic E-state index is 12.5. The zero-order valence-corrected chi connectivity index (χ0v) is 12.8. The van der Waals surface area contributed by atoms with E-state index >= 15 is 0 Å². The van der Waals surface area contributed by atoms with Crippen LogP contribution in [0.2, 0.25) is 0 Å². The highest BCUT2D eigenvalue weighted by molar-refractivity contribution is 5.95. The highest BCUT2D eigenvalue weighted by atomic mass is 16.4. The van der Waals surface area contributed by atoms with E-state index in [4.69, 9.17) is 15.3 Å². The lowest BCUT2D eigenvalue weighted by Crippen LogP contribution is -2.38. The number of hydrogen-bond acceptors (Lipinski definition) is 4. The number of carbonyl (C=O) groups is 1. The minimum Gasteiger partial charge on any atom is -0.463 e. The number of aliphatic hydroxyl groups is 1. The molecule has 1 aliphatic heterocycles. The minimum absolute atomic E-state index is 0.0244. The van der Waals surface area contributed by atoms with E-state index in [0.29, 0.717) is 17.1 Å². The van der Waals surface area contributed by atoms with E-state index in [0.717, 1.165) is 44.8 Å². The summed E-state index contributed by atoms with van der Waals surface area (Å²) in [5.41, 5.74) is 6.10. The first-order valence-electron chi connectivity index (χ1n) is 7.85. The Morgan fingerprint density at radius 2 is 2.14 bits per heavy atom. The number of carbonyl (C=O) groups excluding carboxylic acids is 1. The molecule has 1 aromatic rings. The number of nitrogens with zero attached hydrogens (tertiary/aromatic N) is 1. The van der Waals surface area contributed by atoms with E-state index in [2.05, 4.69) is 0 Å². The first kappa shape index (κ1) is 16.0. The number of amides is 1. The third kappa shape index (κ3) is 4.08. The van der Waals surface area contributed by atoms with Crippen molar-refractivity contribution in [2.24, 2.45) is 11.7 Å². The molecule has 1 amide bonds. The third-order valence-electron chi connectivity index (χ3n) is 4.32. The molecule has 2 heterocycles. The second-order valence-electron chi connectivity index (χ2n) is 5.86. The van der Waals surface area contributed by atoms with Crippen LogP contribution in [0.3, 0.4) is 0 Å². The maximum Gasteiger partial charge on any atom is 0.257 e. The number of hydrogen-bond donors (Lipinski definition) is 2. The fourth-order valence-corrected chi connectivity index (χ4v) is 3.01. The lowest BCUT2D eigenvalue weighted by Gasteiger charge is -2.32. The summed E-state index contributed by atoms with van der Waals surface area (Å²) >= 11 is 0. The monoisotopic (exact) mass is 294 g/mol. The lowest BCUT2D eigenvalue weighted by atomic mass is 9.91. The Labute approximate surface area is 126 Å². The molecule has 3 N–H and O–H groups in total. The van der Waals surface area contributed by atoms with Crippen LogP contribution in [0.4, 0.5) is 0 Å². The molecule has 21 heavy (non-hydrogen) atoms. The predicted octanol–water partition coefficient (Wildman–Crippen LogP) is 2.06. The SMILES string of the molecule is Cc1oc(CO)cc1C(=O)N1CCC(CCCCN)CC1. The minimum atomic E-state index is -0.169. The standard InChI is InChI=1S/C16H26N2O3/c1-12-15(10-14(11-19)21-12)16(20)18-8-5-13(6-9-18)4-2-3-7-17/h10,13,19H,2-9,11,17H2,1H3. The van der Waals surface area contributed by atoms with E-state index in [-0.39, 0.29) is 12.5 Å². The molecule has 1 fully saturated rings. The summed E-state index contributed by atoms with van der Waals surface area (Å²) in [6.45, 7) is 3.99. The van der Waals surface area contributed by atoms with Crippen LogP contribution in [-0.2, 0) is 6.61 Å². The second kappa shape index (κ2) is 7.61. The molecule has 5 heteroatoms. The summed E-state index contributed by atoms with van der Waals surface area (Å²) in [6.07, 6.45) is 5.64. The molecule has 0 bridgehead atoms. The summed E-state index contributed by atoms with van der Waals surface area (Å²) in [6, 6.07) is 1.66. The van der Waals surface area contributed by atoms with Crippen LogP contribution < -0.4 is 5.73 Å². The molecule has 5 nitrogen and oxygen atoms in total. The average molecular weight is 294 g/mol. The van der Waals surface area contributed by atoms with Crippen molar-refractivity contribution in [1.29, 1.82) is 0 Å². The van der Waals surface area contributed by atoms with Gasteiger partial charge in [0.1, 0.15) is 18.1 Å². The molecule has 118 valence electrons. The molecule has 1 saturated heterocycles. The Morgan fingerprint density at radius 1 is 1.43 bits per heavy atom.